The molecular formula is C23H23F3O. The van der Waals surface area contributed by atoms with Crippen molar-refractivity contribution in [3.8, 4) is 28.0 Å². The van der Waals surface area contributed by atoms with Gasteiger partial charge in [0.2, 0.25) is 0 Å². The quantitative estimate of drug-likeness (QED) is 0.457. The topological polar surface area (TPSA) is 9.23 Å². The van der Waals surface area contributed by atoms with Crippen molar-refractivity contribution in [3.63, 3.8) is 0 Å². The Bertz CT molecular complexity index is 909. The SMILES string of the molecule is C/C=C/C1CCC(COc2ccc3c(c2F)-c2c-3cc(C)c(F)c2F)CC1. The van der Waals surface area contributed by atoms with Gasteiger partial charge in [-0.05, 0) is 86.3 Å². The summed E-state index contributed by atoms with van der Waals surface area (Å²) in [5.74, 6) is -1.32. The molecule has 142 valence electrons. The highest BCUT2D eigenvalue weighted by molar-refractivity contribution is 6.03. The molecule has 0 saturated heterocycles. The van der Waals surface area contributed by atoms with Crippen molar-refractivity contribution < 1.29 is 17.9 Å². The van der Waals surface area contributed by atoms with Gasteiger partial charge in [-0.3, -0.25) is 0 Å². The van der Waals surface area contributed by atoms with Crippen LogP contribution in [0, 0.1) is 36.2 Å². The van der Waals surface area contributed by atoms with Gasteiger partial charge in [-0.1, -0.05) is 12.2 Å². The Balaban J connectivity index is 1.49. The molecule has 1 saturated carbocycles. The van der Waals surface area contributed by atoms with Crippen LogP contribution in [0.25, 0.3) is 22.3 Å². The van der Waals surface area contributed by atoms with Gasteiger partial charge in [0.15, 0.2) is 23.2 Å². The number of hydrogen-bond donors (Lipinski definition) is 0. The third kappa shape index (κ3) is 3.05. The van der Waals surface area contributed by atoms with Crippen LogP contribution in [0.3, 0.4) is 0 Å². The molecule has 0 amide bonds. The van der Waals surface area contributed by atoms with Crippen molar-refractivity contribution in [2.45, 2.75) is 39.5 Å². The van der Waals surface area contributed by atoms with Crippen molar-refractivity contribution in [1.29, 1.82) is 0 Å². The lowest BCUT2D eigenvalue weighted by Crippen LogP contribution is -2.20. The molecule has 0 N–H and O–H groups in total. The van der Waals surface area contributed by atoms with Crippen LogP contribution < -0.4 is 4.74 Å². The fourth-order valence-corrected chi connectivity index (χ4v) is 4.31. The minimum absolute atomic E-state index is 0.0305. The molecule has 2 aromatic carbocycles. The number of rotatable bonds is 4. The summed E-state index contributed by atoms with van der Waals surface area (Å²) in [7, 11) is 0. The molecule has 27 heavy (non-hydrogen) atoms. The van der Waals surface area contributed by atoms with Gasteiger partial charge < -0.3 is 4.74 Å². The predicted octanol–water partition coefficient (Wildman–Crippen LogP) is 6.82. The number of benzene rings is 2. The molecule has 2 aromatic rings. The molecule has 2 aliphatic carbocycles. The summed E-state index contributed by atoms with van der Waals surface area (Å²) in [6.45, 7) is 4.00. The van der Waals surface area contributed by atoms with E-state index in [1.807, 2.05) is 6.92 Å². The lowest BCUT2D eigenvalue weighted by molar-refractivity contribution is 0.189. The number of ether oxygens (including phenoxy) is 1. The molecule has 0 radical (unpaired) electrons. The summed E-state index contributed by atoms with van der Waals surface area (Å²) in [6.07, 6.45) is 8.72. The molecule has 0 bridgehead atoms. The van der Waals surface area contributed by atoms with Crippen LogP contribution in [0.2, 0.25) is 0 Å². The Hall–Kier alpha value is -2.23. The zero-order valence-electron chi connectivity index (χ0n) is 15.6. The summed E-state index contributed by atoms with van der Waals surface area (Å²) in [5, 5.41) is 0. The minimum atomic E-state index is -0.976. The van der Waals surface area contributed by atoms with E-state index in [0.717, 1.165) is 25.7 Å². The highest BCUT2D eigenvalue weighted by Gasteiger charge is 2.33. The second-order valence-corrected chi connectivity index (χ2v) is 7.66. The maximum Gasteiger partial charge on any atom is 0.173 e. The fourth-order valence-electron chi connectivity index (χ4n) is 4.31. The summed E-state index contributed by atoms with van der Waals surface area (Å²) < 4.78 is 48.8. The minimum Gasteiger partial charge on any atom is -0.490 e. The van der Waals surface area contributed by atoms with Gasteiger partial charge in [0, 0.05) is 11.1 Å². The number of halogens is 3. The Labute approximate surface area is 157 Å². The number of aryl methyl sites for hydroxylation is 1. The standard InChI is InChI=1S/C23H23F3O/c1-3-4-14-5-7-15(8-6-14)12-27-18-10-9-16-17-11-13(2)21(24)23(26)20(17)19(16)22(18)25/h3-4,9-11,14-15H,5-8,12H2,1-2H3/b4-3+. The van der Waals surface area contributed by atoms with Crippen LogP contribution in [-0.2, 0) is 0 Å². The largest absolute Gasteiger partial charge is 0.490 e. The zero-order valence-corrected chi connectivity index (χ0v) is 15.6. The van der Waals surface area contributed by atoms with E-state index < -0.39 is 17.5 Å². The van der Waals surface area contributed by atoms with Gasteiger partial charge >= 0.3 is 0 Å². The first-order chi connectivity index (χ1) is 13.0. The number of hydrogen-bond acceptors (Lipinski definition) is 1. The molecule has 0 aromatic heterocycles. The second-order valence-electron chi connectivity index (χ2n) is 7.66. The van der Waals surface area contributed by atoms with Crippen LogP contribution in [0.4, 0.5) is 13.2 Å². The van der Waals surface area contributed by atoms with Gasteiger partial charge in [0.1, 0.15) is 0 Å². The smallest absolute Gasteiger partial charge is 0.173 e. The average molecular weight is 372 g/mol. The number of fused-ring (bicyclic) bond motifs is 4. The molecule has 0 aliphatic heterocycles. The van der Waals surface area contributed by atoms with Gasteiger partial charge in [0.05, 0.1) is 6.61 Å². The van der Waals surface area contributed by atoms with Crippen molar-refractivity contribution >= 4 is 0 Å². The fraction of sp³-hybridized carbons (Fsp3) is 0.391. The maximum atomic E-state index is 14.9. The average Bonchev–Trinajstić information content (AvgIpc) is 2.65. The van der Waals surface area contributed by atoms with E-state index in [0.29, 0.717) is 29.6 Å². The molecule has 4 rings (SSSR count). The monoisotopic (exact) mass is 372 g/mol. The van der Waals surface area contributed by atoms with Crippen LogP contribution in [0.1, 0.15) is 38.2 Å². The van der Waals surface area contributed by atoms with Crippen LogP contribution >= 0.6 is 0 Å². The maximum absolute atomic E-state index is 14.9. The third-order valence-electron chi connectivity index (χ3n) is 5.87. The van der Waals surface area contributed by atoms with Gasteiger partial charge in [-0.25, -0.2) is 13.2 Å². The number of allylic oxidation sites excluding steroid dienone is 2. The molecule has 0 spiro atoms. The van der Waals surface area contributed by atoms with Crippen molar-refractivity contribution in [3.05, 3.63) is 53.4 Å². The van der Waals surface area contributed by atoms with Crippen molar-refractivity contribution in [2.75, 3.05) is 6.61 Å². The lowest BCUT2D eigenvalue weighted by atomic mass is 9.78. The van der Waals surface area contributed by atoms with E-state index in [4.69, 9.17) is 4.74 Å². The molecule has 1 nitrogen and oxygen atoms in total. The van der Waals surface area contributed by atoms with E-state index in [1.165, 1.54) is 6.92 Å². The Kier molecular flexibility index (Phi) is 4.75. The predicted molar refractivity (Wildman–Crippen MR) is 101 cm³/mol. The van der Waals surface area contributed by atoms with Crippen LogP contribution in [0.15, 0.2) is 30.4 Å². The lowest BCUT2D eigenvalue weighted by Gasteiger charge is -2.28. The highest BCUT2D eigenvalue weighted by atomic mass is 19.2. The van der Waals surface area contributed by atoms with Gasteiger partial charge in [-0.15, -0.1) is 0 Å². The van der Waals surface area contributed by atoms with Gasteiger partial charge in [-0.2, -0.15) is 0 Å². The van der Waals surface area contributed by atoms with Crippen LogP contribution in [0.5, 0.6) is 5.75 Å². The summed E-state index contributed by atoms with van der Waals surface area (Å²) in [6, 6.07) is 4.90. The van der Waals surface area contributed by atoms with Crippen molar-refractivity contribution in [2.24, 2.45) is 11.8 Å². The second kappa shape index (κ2) is 7.06. The van der Waals surface area contributed by atoms with Gasteiger partial charge in [0.25, 0.3) is 0 Å². The first kappa shape index (κ1) is 18.1. The van der Waals surface area contributed by atoms with E-state index in [-0.39, 0.29) is 22.4 Å². The molecule has 0 heterocycles. The van der Waals surface area contributed by atoms with Crippen molar-refractivity contribution in [1.82, 2.24) is 0 Å². The summed E-state index contributed by atoms with van der Waals surface area (Å²) in [5.41, 5.74) is 1.57. The Morgan fingerprint density at radius 2 is 1.67 bits per heavy atom. The van der Waals surface area contributed by atoms with Crippen LogP contribution in [-0.4, -0.2) is 6.61 Å². The van der Waals surface area contributed by atoms with E-state index >= 15 is 0 Å². The molecule has 2 aliphatic rings. The van der Waals surface area contributed by atoms with E-state index in [2.05, 4.69) is 12.2 Å². The summed E-state index contributed by atoms with van der Waals surface area (Å²) in [4.78, 5) is 0. The molecule has 4 heteroatoms. The molecule has 0 atom stereocenters. The molecule has 1 fully saturated rings. The molecular weight excluding hydrogens is 349 g/mol. The first-order valence-electron chi connectivity index (χ1n) is 9.58. The first-order valence-corrected chi connectivity index (χ1v) is 9.58. The summed E-state index contributed by atoms with van der Waals surface area (Å²) >= 11 is 0. The van der Waals surface area contributed by atoms with E-state index in [1.54, 1.807) is 18.2 Å². The Morgan fingerprint density at radius 1 is 0.963 bits per heavy atom. The molecule has 0 unspecified atom stereocenters. The Morgan fingerprint density at radius 3 is 2.37 bits per heavy atom. The van der Waals surface area contributed by atoms with E-state index in [9.17, 15) is 13.2 Å². The third-order valence-corrected chi connectivity index (χ3v) is 5.87. The highest BCUT2D eigenvalue weighted by Crippen LogP contribution is 2.52. The normalized spacial score (nSPS) is 20.9. The zero-order chi connectivity index (χ0) is 19.1.